The molecule has 1 nitrogen and oxygen atoms in total. The predicted molar refractivity (Wildman–Crippen MR) is 84.9 cm³/mol. The maximum atomic E-state index is 9.66. The smallest absolute Gasteiger partial charge is 0.123 e. The molecule has 0 saturated carbocycles. The lowest BCUT2D eigenvalue weighted by Gasteiger charge is -2.06. The van der Waals surface area contributed by atoms with Crippen molar-refractivity contribution in [1.29, 1.82) is 0 Å². The third kappa shape index (κ3) is 2.56. The highest BCUT2D eigenvalue weighted by molar-refractivity contribution is 14.1. The molecular formula is C12H11IOP2. The van der Waals surface area contributed by atoms with E-state index in [1.165, 1.54) is 8.87 Å². The van der Waals surface area contributed by atoms with E-state index >= 15 is 0 Å². The minimum Gasteiger partial charge on any atom is -0.507 e. The number of halogens is 1. The van der Waals surface area contributed by atoms with E-state index in [9.17, 15) is 5.11 Å². The monoisotopic (exact) mass is 360 g/mol. The first-order chi connectivity index (χ1) is 7.58. The second kappa shape index (κ2) is 5.00. The Bertz CT molecular complexity index is 491. The molecule has 0 aliphatic rings. The molecule has 2 unspecified atom stereocenters. The van der Waals surface area contributed by atoms with Crippen LogP contribution in [0.5, 0.6) is 5.75 Å². The van der Waals surface area contributed by atoms with Crippen molar-refractivity contribution in [3.8, 4) is 16.9 Å². The zero-order valence-electron chi connectivity index (χ0n) is 8.44. The lowest BCUT2D eigenvalue weighted by molar-refractivity contribution is 0.480. The van der Waals surface area contributed by atoms with Gasteiger partial charge in [0.05, 0.1) is 0 Å². The molecule has 0 amide bonds. The summed E-state index contributed by atoms with van der Waals surface area (Å²) in [5.74, 6) is 0.312. The van der Waals surface area contributed by atoms with Crippen LogP contribution >= 0.6 is 41.1 Å². The first kappa shape index (κ1) is 12.3. The van der Waals surface area contributed by atoms with E-state index < -0.39 is 0 Å². The van der Waals surface area contributed by atoms with Crippen molar-refractivity contribution in [2.75, 3.05) is 0 Å². The molecule has 2 atom stereocenters. The number of phenolic OH excluding ortho intramolecular Hbond substituents is 1. The number of phenols is 1. The molecule has 1 N–H and O–H groups in total. The first-order valence-electron chi connectivity index (χ1n) is 4.72. The molecule has 0 saturated heterocycles. The topological polar surface area (TPSA) is 20.2 Å². The van der Waals surface area contributed by atoms with E-state index in [0.717, 1.165) is 16.4 Å². The molecule has 0 bridgehead atoms. The predicted octanol–water partition coefficient (Wildman–Crippen LogP) is 2.66. The summed E-state index contributed by atoms with van der Waals surface area (Å²) in [4.78, 5) is 0. The van der Waals surface area contributed by atoms with Gasteiger partial charge in [-0.3, -0.25) is 0 Å². The van der Waals surface area contributed by atoms with E-state index in [0.29, 0.717) is 5.75 Å². The summed E-state index contributed by atoms with van der Waals surface area (Å²) in [6.45, 7) is 0. The molecule has 0 heterocycles. The van der Waals surface area contributed by atoms with Crippen molar-refractivity contribution in [2.45, 2.75) is 0 Å². The third-order valence-electron chi connectivity index (χ3n) is 2.36. The van der Waals surface area contributed by atoms with Crippen molar-refractivity contribution in [2.24, 2.45) is 0 Å². The molecule has 0 spiro atoms. The van der Waals surface area contributed by atoms with E-state index in [1.54, 1.807) is 6.07 Å². The van der Waals surface area contributed by atoms with Crippen LogP contribution in [0.25, 0.3) is 11.1 Å². The fourth-order valence-electron chi connectivity index (χ4n) is 1.43. The summed E-state index contributed by atoms with van der Waals surface area (Å²) in [6.07, 6.45) is 0. The number of aromatic hydroxyl groups is 1. The summed E-state index contributed by atoms with van der Waals surface area (Å²) in [7, 11) is 5.21. The lowest BCUT2D eigenvalue weighted by atomic mass is 10.1. The van der Waals surface area contributed by atoms with Crippen LogP contribution in [-0.2, 0) is 0 Å². The fraction of sp³-hybridized carbons (Fsp3) is 0. The molecule has 2 aromatic rings. The number of benzene rings is 2. The van der Waals surface area contributed by atoms with Gasteiger partial charge in [-0.15, -0.1) is 18.5 Å². The van der Waals surface area contributed by atoms with Gasteiger partial charge in [0.15, 0.2) is 0 Å². The number of rotatable bonds is 1. The summed E-state index contributed by atoms with van der Waals surface area (Å²) >= 11 is 2.30. The normalized spacial score (nSPS) is 10.4. The highest BCUT2D eigenvalue weighted by Gasteiger charge is 2.03. The van der Waals surface area contributed by atoms with Gasteiger partial charge in [0, 0.05) is 8.87 Å². The molecule has 82 valence electrons. The van der Waals surface area contributed by atoms with Crippen LogP contribution in [0.4, 0.5) is 0 Å². The van der Waals surface area contributed by atoms with Crippen LogP contribution in [0.1, 0.15) is 0 Å². The lowest BCUT2D eigenvalue weighted by Crippen LogP contribution is -1.96. The Labute approximate surface area is 113 Å². The van der Waals surface area contributed by atoms with Gasteiger partial charge in [0.2, 0.25) is 0 Å². The molecular weight excluding hydrogens is 349 g/mol. The average molecular weight is 360 g/mol. The van der Waals surface area contributed by atoms with E-state index in [4.69, 9.17) is 0 Å². The van der Waals surface area contributed by atoms with Crippen molar-refractivity contribution in [3.63, 3.8) is 0 Å². The molecule has 2 rings (SSSR count). The van der Waals surface area contributed by atoms with Gasteiger partial charge in [0.1, 0.15) is 5.75 Å². The zero-order valence-corrected chi connectivity index (χ0v) is 12.9. The molecule has 0 aliphatic carbocycles. The molecule has 4 heteroatoms. The van der Waals surface area contributed by atoms with Gasteiger partial charge < -0.3 is 5.11 Å². The van der Waals surface area contributed by atoms with Crippen molar-refractivity contribution >= 4 is 51.7 Å². The minimum absolute atomic E-state index is 0.312. The van der Waals surface area contributed by atoms with Crippen LogP contribution in [0.3, 0.4) is 0 Å². The van der Waals surface area contributed by atoms with Gasteiger partial charge in [-0.05, 0) is 51.2 Å². The second-order valence-corrected chi connectivity index (χ2v) is 5.92. The maximum Gasteiger partial charge on any atom is 0.123 e. The number of hydrogen-bond donors (Lipinski definition) is 1. The summed E-state index contributed by atoms with van der Waals surface area (Å²) in [6, 6.07) is 11.9. The van der Waals surface area contributed by atoms with E-state index in [1.807, 2.05) is 12.1 Å². The van der Waals surface area contributed by atoms with Crippen LogP contribution < -0.4 is 10.6 Å². The largest absolute Gasteiger partial charge is 0.507 e. The maximum absolute atomic E-state index is 9.66. The molecule has 16 heavy (non-hydrogen) atoms. The van der Waals surface area contributed by atoms with Crippen LogP contribution in [0, 0.1) is 3.57 Å². The fourth-order valence-corrected chi connectivity index (χ4v) is 2.30. The zero-order chi connectivity index (χ0) is 11.7. The van der Waals surface area contributed by atoms with E-state index in [2.05, 4.69) is 59.3 Å². The highest BCUT2D eigenvalue weighted by Crippen LogP contribution is 2.24. The highest BCUT2D eigenvalue weighted by atomic mass is 127. The Morgan fingerprint density at radius 1 is 0.875 bits per heavy atom. The van der Waals surface area contributed by atoms with Gasteiger partial charge in [-0.2, -0.15) is 0 Å². The average Bonchev–Trinajstić information content (AvgIpc) is 2.26. The SMILES string of the molecule is Oc1cc(-c2ccc(P)c(I)c2)ccc1P. The standard InChI is InChI=1S/C12H11IOP2/c13-9-5-7(1-3-11(9)15)8-2-4-12(16)10(14)6-8/h1-6,14H,15-16H2. The summed E-state index contributed by atoms with van der Waals surface area (Å²) in [5.41, 5.74) is 2.16. The Hall–Kier alpha value is -0.170. The Kier molecular flexibility index (Phi) is 3.84. The quantitative estimate of drug-likeness (QED) is 0.613. The van der Waals surface area contributed by atoms with E-state index in [-0.39, 0.29) is 0 Å². The number of hydrogen-bond acceptors (Lipinski definition) is 1. The molecule has 0 aliphatic heterocycles. The molecule has 0 aromatic heterocycles. The van der Waals surface area contributed by atoms with Crippen molar-refractivity contribution in [3.05, 3.63) is 40.0 Å². The second-order valence-electron chi connectivity index (χ2n) is 3.51. The summed E-state index contributed by atoms with van der Waals surface area (Å²) in [5, 5.41) is 11.7. The Morgan fingerprint density at radius 2 is 1.44 bits per heavy atom. The van der Waals surface area contributed by atoms with Gasteiger partial charge >= 0.3 is 0 Å². The van der Waals surface area contributed by atoms with Gasteiger partial charge in [0.25, 0.3) is 0 Å². The molecule has 0 radical (unpaired) electrons. The van der Waals surface area contributed by atoms with Gasteiger partial charge in [-0.25, -0.2) is 0 Å². The van der Waals surface area contributed by atoms with Crippen LogP contribution in [0.15, 0.2) is 36.4 Å². The van der Waals surface area contributed by atoms with Crippen LogP contribution in [-0.4, -0.2) is 5.11 Å². The van der Waals surface area contributed by atoms with Gasteiger partial charge in [-0.1, -0.05) is 24.3 Å². The van der Waals surface area contributed by atoms with Crippen LogP contribution in [0.2, 0.25) is 0 Å². The molecule has 0 fully saturated rings. The molecule has 2 aromatic carbocycles. The minimum atomic E-state index is 0.312. The summed E-state index contributed by atoms with van der Waals surface area (Å²) < 4.78 is 1.20. The van der Waals surface area contributed by atoms with Crippen molar-refractivity contribution < 1.29 is 5.11 Å². The van der Waals surface area contributed by atoms with Crippen molar-refractivity contribution in [1.82, 2.24) is 0 Å². The first-order valence-corrected chi connectivity index (χ1v) is 6.95. The Balaban J connectivity index is 2.50. The third-order valence-corrected chi connectivity index (χ3v) is 4.88. The Morgan fingerprint density at radius 3 is 2.00 bits per heavy atom.